The van der Waals surface area contributed by atoms with Crippen LogP contribution in [0.4, 0.5) is 0 Å². The smallest absolute Gasteiger partial charge is 0.235 e. The number of carbonyl (C=O) groups excluding carboxylic acids is 1. The second-order valence-corrected chi connectivity index (χ2v) is 9.22. The Morgan fingerprint density at radius 1 is 0.676 bits per heavy atom. The molecule has 168 valence electrons. The molecule has 0 aliphatic rings. The van der Waals surface area contributed by atoms with E-state index in [-0.39, 0.29) is 5.91 Å². The lowest BCUT2D eigenvalue weighted by Crippen LogP contribution is -2.12. The zero-order valence-corrected chi connectivity index (χ0v) is 19.7. The third kappa shape index (κ3) is 4.45. The van der Waals surface area contributed by atoms with Crippen LogP contribution in [0.3, 0.4) is 0 Å². The summed E-state index contributed by atoms with van der Waals surface area (Å²) in [6.45, 7) is 4.43. The Labute approximate surface area is 201 Å². The molecule has 0 unspecified atom stereocenters. The molecule has 0 radical (unpaired) electrons. The van der Waals surface area contributed by atoms with Crippen LogP contribution in [0.1, 0.15) is 46.8 Å². The van der Waals surface area contributed by atoms with Gasteiger partial charge in [0.1, 0.15) is 0 Å². The van der Waals surface area contributed by atoms with Crippen LogP contribution >= 0.6 is 0 Å². The molecule has 0 amide bonds. The number of aromatic nitrogens is 1. The van der Waals surface area contributed by atoms with Crippen LogP contribution in [-0.2, 0) is 12.8 Å². The number of rotatable bonds is 6. The molecule has 0 atom stereocenters. The molecule has 2 heteroatoms. The minimum atomic E-state index is 0.0836. The first-order valence-electron chi connectivity index (χ1n) is 11.9. The van der Waals surface area contributed by atoms with Gasteiger partial charge in [0.25, 0.3) is 0 Å². The van der Waals surface area contributed by atoms with Crippen molar-refractivity contribution in [3.63, 3.8) is 0 Å². The Bertz CT molecular complexity index is 1430. The number of fused-ring (bicyclic) bond motifs is 1. The maximum absolute atomic E-state index is 13.4. The molecule has 0 aliphatic heterocycles. The van der Waals surface area contributed by atoms with E-state index in [1.54, 1.807) is 0 Å². The lowest BCUT2D eigenvalue weighted by molar-refractivity contribution is 0.0919. The van der Waals surface area contributed by atoms with Gasteiger partial charge in [-0.3, -0.25) is 9.36 Å². The van der Waals surface area contributed by atoms with Crippen LogP contribution in [0, 0.1) is 0 Å². The maximum Gasteiger partial charge on any atom is 0.235 e. The highest BCUT2D eigenvalue weighted by molar-refractivity contribution is 6.02. The lowest BCUT2D eigenvalue weighted by Gasteiger charge is -2.11. The van der Waals surface area contributed by atoms with Crippen LogP contribution in [-0.4, -0.2) is 10.5 Å². The summed E-state index contributed by atoms with van der Waals surface area (Å²) in [6.07, 6.45) is 3.30. The minimum Gasteiger partial charge on any atom is -0.286 e. The van der Waals surface area contributed by atoms with Gasteiger partial charge in [0, 0.05) is 17.1 Å². The molecule has 1 heterocycles. The highest BCUT2D eigenvalue weighted by atomic mass is 16.2. The summed E-state index contributed by atoms with van der Waals surface area (Å²) in [4.78, 5) is 13.4. The van der Waals surface area contributed by atoms with E-state index in [0.29, 0.717) is 12.3 Å². The Morgan fingerprint density at radius 2 is 1.29 bits per heavy atom. The molecule has 0 spiro atoms. The van der Waals surface area contributed by atoms with Crippen molar-refractivity contribution in [2.45, 2.75) is 32.6 Å². The van der Waals surface area contributed by atoms with Gasteiger partial charge in [-0.1, -0.05) is 111 Å². The number of benzene rings is 4. The van der Waals surface area contributed by atoms with Crippen molar-refractivity contribution in [2.24, 2.45) is 0 Å². The van der Waals surface area contributed by atoms with Gasteiger partial charge in [0.05, 0.1) is 11.9 Å². The average molecular weight is 444 g/mol. The van der Waals surface area contributed by atoms with Crippen LogP contribution in [0.2, 0.25) is 0 Å². The van der Waals surface area contributed by atoms with Crippen molar-refractivity contribution < 1.29 is 4.79 Å². The van der Waals surface area contributed by atoms with E-state index in [2.05, 4.69) is 92.7 Å². The lowest BCUT2D eigenvalue weighted by atomic mass is 9.92. The molecular formula is C32H29NO. The first-order chi connectivity index (χ1) is 16.6. The van der Waals surface area contributed by atoms with Gasteiger partial charge in [-0.15, -0.1) is 0 Å². The molecule has 0 aliphatic carbocycles. The van der Waals surface area contributed by atoms with Crippen molar-refractivity contribution in [1.82, 2.24) is 4.57 Å². The number of hydrogen-bond acceptors (Lipinski definition) is 1. The van der Waals surface area contributed by atoms with Crippen molar-refractivity contribution >= 4 is 16.8 Å². The number of para-hydroxylation sites is 1. The van der Waals surface area contributed by atoms with Crippen LogP contribution in [0.25, 0.3) is 22.0 Å². The summed E-state index contributed by atoms with van der Waals surface area (Å²) in [7, 11) is 0. The Hall–Kier alpha value is -3.91. The van der Waals surface area contributed by atoms with Gasteiger partial charge in [-0.2, -0.15) is 0 Å². The SMILES string of the molecule is CC(C)c1ccccc1-c1cn(C(=O)Cc2ccc(Cc3ccccc3)cc2)c2ccccc12. The van der Waals surface area contributed by atoms with Crippen LogP contribution < -0.4 is 0 Å². The van der Waals surface area contributed by atoms with E-state index in [0.717, 1.165) is 28.5 Å². The van der Waals surface area contributed by atoms with Crippen molar-refractivity contribution in [3.8, 4) is 11.1 Å². The summed E-state index contributed by atoms with van der Waals surface area (Å²) in [5.41, 5.74) is 8.15. The molecule has 0 saturated heterocycles. The largest absolute Gasteiger partial charge is 0.286 e. The first kappa shape index (κ1) is 21.9. The molecule has 5 rings (SSSR count). The molecule has 34 heavy (non-hydrogen) atoms. The number of nitrogens with zero attached hydrogens (tertiary/aromatic N) is 1. The van der Waals surface area contributed by atoms with E-state index >= 15 is 0 Å². The molecule has 4 aromatic carbocycles. The molecule has 5 aromatic rings. The molecule has 1 aromatic heterocycles. The highest BCUT2D eigenvalue weighted by Crippen LogP contribution is 2.35. The summed E-state index contributed by atoms with van der Waals surface area (Å²) in [5.74, 6) is 0.490. The fourth-order valence-corrected chi connectivity index (χ4v) is 4.71. The predicted molar refractivity (Wildman–Crippen MR) is 141 cm³/mol. The monoisotopic (exact) mass is 443 g/mol. The molecule has 0 saturated carbocycles. The predicted octanol–water partition coefficient (Wildman–Crippen LogP) is 7.91. The van der Waals surface area contributed by atoms with Crippen molar-refractivity contribution in [2.75, 3.05) is 0 Å². The molecule has 2 nitrogen and oxygen atoms in total. The van der Waals surface area contributed by atoms with Gasteiger partial charge in [0.2, 0.25) is 5.91 Å². The highest BCUT2D eigenvalue weighted by Gasteiger charge is 2.17. The third-order valence-electron chi connectivity index (χ3n) is 6.48. The number of hydrogen-bond donors (Lipinski definition) is 0. The first-order valence-corrected chi connectivity index (χ1v) is 11.9. The second-order valence-electron chi connectivity index (χ2n) is 9.22. The van der Waals surface area contributed by atoms with Gasteiger partial charge in [0.15, 0.2) is 0 Å². The second kappa shape index (κ2) is 9.52. The van der Waals surface area contributed by atoms with Crippen LogP contribution in [0.5, 0.6) is 0 Å². The van der Waals surface area contributed by atoms with Crippen molar-refractivity contribution in [1.29, 1.82) is 0 Å². The standard InChI is InChI=1S/C32H29NO/c1-23(2)27-12-6-7-13-28(27)30-22-33(31-15-9-8-14-29(30)31)32(34)21-26-18-16-25(17-19-26)20-24-10-4-3-5-11-24/h3-19,22-23H,20-21H2,1-2H3. The fourth-order valence-electron chi connectivity index (χ4n) is 4.71. The van der Waals surface area contributed by atoms with E-state index in [4.69, 9.17) is 0 Å². The molecule has 0 bridgehead atoms. The summed E-state index contributed by atoms with van der Waals surface area (Å²) >= 11 is 0. The summed E-state index contributed by atoms with van der Waals surface area (Å²) in [5, 5.41) is 1.11. The molecular weight excluding hydrogens is 414 g/mol. The van der Waals surface area contributed by atoms with E-state index in [1.807, 2.05) is 35.0 Å². The summed E-state index contributed by atoms with van der Waals surface area (Å²) in [6, 6.07) is 35.6. The van der Waals surface area contributed by atoms with E-state index in [9.17, 15) is 4.79 Å². The van der Waals surface area contributed by atoms with E-state index in [1.165, 1.54) is 22.3 Å². The van der Waals surface area contributed by atoms with Gasteiger partial charge in [-0.05, 0) is 46.2 Å². The molecule has 0 fully saturated rings. The van der Waals surface area contributed by atoms with Gasteiger partial charge >= 0.3 is 0 Å². The van der Waals surface area contributed by atoms with E-state index < -0.39 is 0 Å². The Kier molecular flexibility index (Phi) is 6.14. The minimum absolute atomic E-state index is 0.0836. The quantitative estimate of drug-likeness (QED) is 0.261. The van der Waals surface area contributed by atoms with Crippen LogP contribution in [0.15, 0.2) is 109 Å². The van der Waals surface area contributed by atoms with Gasteiger partial charge < -0.3 is 0 Å². The van der Waals surface area contributed by atoms with Gasteiger partial charge in [-0.25, -0.2) is 0 Å². The number of carbonyl (C=O) groups is 1. The topological polar surface area (TPSA) is 22.0 Å². The fraction of sp³-hybridized carbons (Fsp3) is 0.156. The Morgan fingerprint density at radius 3 is 2.06 bits per heavy atom. The van der Waals surface area contributed by atoms with Crippen molar-refractivity contribution in [3.05, 3.63) is 132 Å². The zero-order chi connectivity index (χ0) is 23.5. The normalized spacial score (nSPS) is 11.3. The maximum atomic E-state index is 13.4. The Balaban J connectivity index is 1.43. The average Bonchev–Trinajstić information content (AvgIpc) is 3.26. The third-order valence-corrected chi connectivity index (χ3v) is 6.48. The summed E-state index contributed by atoms with van der Waals surface area (Å²) < 4.78 is 1.83. The zero-order valence-electron chi connectivity index (χ0n) is 19.7. The molecule has 0 N–H and O–H groups in total.